The minimum absolute atomic E-state index is 0.0370. The molecule has 0 aromatic carbocycles. The monoisotopic (exact) mass is 308 g/mol. The Morgan fingerprint density at radius 2 is 1.95 bits per heavy atom. The highest BCUT2D eigenvalue weighted by atomic mass is 16.5. The molecule has 2 bridgehead atoms. The van der Waals surface area contributed by atoms with Crippen LogP contribution in [0.25, 0.3) is 0 Å². The zero-order valence-corrected chi connectivity index (χ0v) is 13.9. The molecule has 2 saturated heterocycles. The van der Waals surface area contributed by atoms with Gasteiger partial charge in [-0.1, -0.05) is 20.8 Å². The van der Waals surface area contributed by atoms with E-state index >= 15 is 0 Å². The third kappa shape index (κ3) is 3.14. The molecule has 3 atom stereocenters. The molecule has 2 aliphatic heterocycles. The topological polar surface area (TPSA) is 58.6 Å². The van der Waals surface area contributed by atoms with E-state index in [-0.39, 0.29) is 35.9 Å². The second kappa shape index (κ2) is 6.19. The number of hydrogen-bond donors (Lipinski definition) is 1. The second-order valence-electron chi connectivity index (χ2n) is 7.79. The van der Waals surface area contributed by atoms with Gasteiger partial charge >= 0.3 is 0 Å². The fourth-order valence-electron chi connectivity index (χ4n) is 3.91. The first-order valence-corrected chi connectivity index (χ1v) is 8.66. The normalized spacial score (nSPS) is 37.1. The van der Waals surface area contributed by atoms with Crippen molar-refractivity contribution in [1.82, 2.24) is 10.2 Å². The quantitative estimate of drug-likeness (QED) is 0.854. The maximum absolute atomic E-state index is 12.5. The number of fused-ring (bicyclic) bond motifs is 2. The number of carbonyl (C=O) groups excluding carboxylic acids is 2. The molecule has 3 rings (SSSR count). The van der Waals surface area contributed by atoms with Crippen LogP contribution in [0, 0.1) is 23.7 Å². The van der Waals surface area contributed by atoms with Gasteiger partial charge in [-0.15, -0.1) is 0 Å². The number of amides is 2. The molecule has 3 unspecified atom stereocenters. The van der Waals surface area contributed by atoms with E-state index < -0.39 is 0 Å². The Hall–Kier alpha value is -1.10. The van der Waals surface area contributed by atoms with Crippen molar-refractivity contribution in [3.63, 3.8) is 0 Å². The van der Waals surface area contributed by atoms with Crippen LogP contribution in [0.5, 0.6) is 0 Å². The van der Waals surface area contributed by atoms with E-state index in [9.17, 15) is 9.59 Å². The molecular formula is C17H28N2O3. The fourth-order valence-corrected chi connectivity index (χ4v) is 3.91. The number of rotatable bonds is 4. The van der Waals surface area contributed by atoms with E-state index in [0.717, 1.165) is 19.3 Å². The zero-order chi connectivity index (χ0) is 15.9. The van der Waals surface area contributed by atoms with E-state index in [2.05, 4.69) is 26.1 Å². The average Bonchev–Trinajstić information content (AvgIpc) is 2.75. The number of morpholine rings is 1. The van der Waals surface area contributed by atoms with Crippen molar-refractivity contribution in [3.05, 3.63) is 0 Å². The SMILES string of the molecule is CC(C)CNC(=O)C1CC2CN(C(=O)C3CC(C)C3)CC1O2. The van der Waals surface area contributed by atoms with Gasteiger partial charge in [-0.2, -0.15) is 0 Å². The van der Waals surface area contributed by atoms with Crippen LogP contribution in [-0.2, 0) is 14.3 Å². The molecule has 5 nitrogen and oxygen atoms in total. The molecule has 0 spiro atoms. The highest BCUT2D eigenvalue weighted by Crippen LogP contribution is 2.37. The van der Waals surface area contributed by atoms with Crippen LogP contribution >= 0.6 is 0 Å². The van der Waals surface area contributed by atoms with Gasteiger partial charge in [0.05, 0.1) is 18.1 Å². The average molecular weight is 308 g/mol. The summed E-state index contributed by atoms with van der Waals surface area (Å²) in [6.45, 7) is 8.32. The molecule has 0 aromatic heterocycles. The molecule has 1 saturated carbocycles. The number of nitrogens with one attached hydrogen (secondary N) is 1. The van der Waals surface area contributed by atoms with Crippen LogP contribution in [0.2, 0.25) is 0 Å². The van der Waals surface area contributed by atoms with Gasteiger partial charge in [0.15, 0.2) is 0 Å². The molecule has 0 aromatic rings. The van der Waals surface area contributed by atoms with Crippen LogP contribution < -0.4 is 5.32 Å². The number of nitrogens with zero attached hydrogens (tertiary/aromatic N) is 1. The van der Waals surface area contributed by atoms with Gasteiger partial charge in [0.2, 0.25) is 11.8 Å². The summed E-state index contributed by atoms with van der Waals surface area (Å²) >= 11 is 0. The van der Waals surface area contributed by atoms with Gasteiger partial charge in [0, 0.05) is 25.6 Å². The van der Waals surface area contributed by atoms with Crippen molar-refractivity contribution in [3.8, 4) is 0 Å². The van der Waals surface area contributed by atoms with Gasteiger partial charge in [-0.3, -0.25) is 9.59 Å². The van der Waals surface area contributed by atoms with Crippen LogP contribution in [0.4, 0.5) is 0 Å². The predicted molar refractivity (Wildman–Crippen MR) is 83.1 cm³/mol. The molecule has 2 heterocycles. The van der Waals surface area contributed by atoms with Crippen LogP contribution in [-0.4, -0.2) is 48.6 Å². The Morgan fingerprint density at radius 1 is 1.23 bits per heavy atom. The third-order valence-electron chi connectivity index (χ3n) is 5.21. The molecule has 3 aliphatic rings. The Balaban J connectivity index is 1.55. The van der Waals surface area contributed by atoms with Crippen LogP contribution in [0.15, 0.2) is 0 Å². The molecule has 1 N–H and O–H groups in total. The van der Waals surface area contributed by atoms with E-state index in [1.54, 1.807) is 0 Å². The van der Waals surface area contributed by atoms with Crippen molar-refractivity contribution in [2.24, 2.45) is 23.7 Å². The molecule has 0 radical (unpaired) electrons. The number of hydrogen-bond acceptors (Lipinski definition) is 3. The van der Waals surface area contributed by atoms with Crippen LogP contribution in [0.3, 0.4) is 0 Å². The lowest BCUT2D eigenvalue weighted by molar-refractivity contribution is -0.150. The van der Waals surface area contributed by atoms with Gasteiger partial charge in [-0.05, 0) is 31.1 Å². The lowest BCUT2D eigenvalue weighted by Crippen LogP contribution is -2.51. The summed E-state index contributed by atoms with van der Waals surface area (Å²) in [5.41, 5.74) is 0. The fraction of sp³-hybridized carbons (Fsp3) is 0.882. The van der Waals surface area contributed by atoms with E-state index in [1.165, 1.54) is 0 Å². The van der Waals surface area contributed by atoms with E-state index in [4.69, 9.17) is 4.74 Å². The maximum Gasteiger partial charge on any atom is 0.225 e. The molecule has 5 heteroatoms. The first-order valence-electron chi connectivity index (χ1n) is 8.66. The van der Waals surface area contributed by atoms with Crippen molar-refractivity contribution in [2.75, 3.05) is 19.6 Å². The summed E-state index contributed by atoms with van der Waals surface area (Å²) < 4.78 is 5.92. The van der Waals surface area contributed by atoms with Crippen molar-refractivity contribution >= 4 is 11.8 Å². The smallest absolute Gasteiger partial charge is 0.225 e. The Bertz CT molecular complexity index is 445. The molecule has 3 fully saturated rings. The molecule has 2 amide bonds. The summed E-state index contributed by atoms with van der Waals surface area (Å²) in [6, 6.07) is 0. The zero-order valence-electron chi connectivity index (χ0n) is 13.9. The van der Waals surface area contributed by atoms with Gasteiger partial charge < -0.3 is 15.0 Å². The Labute approximate surface area is 132 Å². The standard InChI is InChI=1S/C17H28N2O3/c1-10(2)7-18-16(20)14-6-13-8-19(9-15(14)22-13)17(21)12-4-11(3)5-12/h10-15H,4-9H2,1-3H3,(H,18,20). The summed E-state index contributed by atoms with van der Waals surface area (Å²) in [5, 5.41) is 3.01. The number of ether oxygens (including phenoxy) is 1. The largest absolute Gasteiger partial charge is 0.370 e. The van der Waals surface area contributed by atoms with E-state index in [1.807, 2.05) is 4.90 Å². The Kier molecular flexibility index (Phi) is 4.44. The maximum atomic E-state index is 12.5. The highest BCUT2D eigenvalue weighted by Gasteiger charge is 2.47. The number of carbonyl (C=O) groups is 2. The summed E-state index contributed by atoms with van der Waals surface area (Å²) in [7, 11) is 0. The summed E-state index contributed by atoms with van der Waals surface area (Å²) in [6.07, 6.45) is 2.70. The first-order chi connectivity index (χ1) is 10.4. The van der Waals surface area contributed by atoms with Gasteiger partial charge in [0.25, 0.3) is 0 Å². The summed E-state index contributed by atoms with van der Waals surface area (Å²) in [4.78, 5) is 26.8. The predicted octanol–water partition coefficient (Wildman–Crippen LogP) is 1.42. The van der Waals surface area contributed by atoms with E-state index in [0.29, 0.717) is 31.5 Å². The molecular weight excluding hydrogens is 280 g/mol. The van der Waals surface area contributed by atoms with Gasteiger partial charge in [-0.25, -0.2) is 0 Å². The molecule has 22 heavy (non-hydrogen) atoms. The summed E-state index contributed by atoms with van der Waals surface area (Å²) in [5.74, 6) is 1.61. The van der Waals surface area contributed by atoms with Crippen molar-refractivity contribution < 1.29 is 14.3 Å². The number of likely N-dealkylation sites (tertiary alicyclic amines) is 1. The Morgan fingerprint density at radius 3 is 2.59 bits per heavy atom. The van der Waals surface area contributed by atoms with Crippen molar-refractivity contribution in [2.45, 2.75) is 52.2 Å². The highest BCUT2D eigenvalue weighted by molar-refractivity contribution is 5.82. The minimum atomic E-state index is -0.118. The third-order valence-corrected chi connectivity index (χ3v) is 5.21. The first kappa shape index (κ1) is 15.8. The second-order valence-corrected chi connectivity index (χ2v) is 7.79. The minimum Gasteiger partial charge on any atom is -0.370 e. The van der Waals surface area contributed by atoms with Crippen LogP contribution in [0.1, 0.15) is 40.0 Å². The van der Waals surface area contributed by atoms with Gasteiger partial charge in [0.1, 0.15) is 0 Å². The molecule has 124 valence electrons. The molecule has 1 aliphatic carbocycles. The lowest BCUT2D eigenvalue weighted by Gasteiger charge is -2.39. The van der Waals surface area contributed by atoms with Crippen molar-refractivity contribution in [1.29, 1.82) is 0 Å². The lowest BCUT2D eigenvalue weighted by atomic mass is 9.75.